The Morgan fingerprint density at radius 2 is 2.44 bits per heavy atom. The number of amides is 1. The van der Waals surface area contributed by atoms with Crippen molar-refractivity contribution in [3.63, 3.8) is 0 Å². The lowest BCUT2D eigenvalue weighted by Crippen LogP contribution is -2.08. The summed E-state index contributed by atoms with van der Waals surface area (Å²) in [7, 11) is 0. The highest BCUT2D eigenvalue weighted by Gasteiger charge is 2.01. The molecule has 0 saturated heterocycles. The quantitative estimate of drug-likeness (QED) is 0.559. The van der Waals surface area contributed by atoms with E-state index in [1.165, 1.54) is 6.20 Å². The number of carbonyl (C=O) groups is 1. The molecule has 0 aliphatic heterocycles. The average Bonchev–Trinajstić information content (AvgIpc) is 2.14. The molecule has 3 N–H and O–H groups in total. The number of nitrogens with one attached hydrogen (secondary N) is 1. The van der Waals surface area contributed by atoms with Crippen molar-refractivity contribution in [1.29, 1.82) is 0 Å². The second-order valence-electron chi connectivity index (χ2n) is 1.41. The van der Waals surface area contributed by atoms with Crippen molar-refractivity contribution in [1.82, 2.24) is 4.98 Å². The van der Waals surface area contributed by atoms with E-state index in [0.29, 0.717) is 0 Å². The fourth-order valence-corrected chi connectivity index (χ4v) is 0.941. The van der Waals surface area contributed by atoms with E-state index in [2.05, 4.69) is 4.98 Å². The molecule has 48 valence electrons. The lowest BCUT2D eigenvalue weighted by molar-refractivity contribution is 0.100. The number of primary amides is 1. The van der Waals surface area contributed by atoms with Crippen LogP contribution in [0.15, 0.2) is 11.0 Å². The van der Waals surface area contributed by atoms with Gasteiger partial charge in [0.05, 0.1) is 0 Å². The number of hydrogen-bond donors (Lipinski definition) is 2. The Labute approximate surface area is 54.3 Å². The zero-order chi connectivity index (χ0) is 6.85. The smallest absolute Gasteiger partial charge is 0.305 e. The van der Waals surface area contributed by atoms with Gasteiger partial charge in [-0.15, -0.1) is 0 Å². The third-order valence-corrected chi connectivity index (χ3v) is 1.61. The summed E-state index contributed by atoms with van der Waals surface area (Å²) < 4.78 is 0. The zero-order valence-corrected chi connectivity index (χ0v) is 5.20. The van der Waals surface area contributed by atoms with Gasteiger partial charge in [0, 0.05) is 6.20 Å². The van der Waals surface area contributed by atoms with E-state index in [-0.39, 0.29) is 9.75 Å². The lowest BCUT2D eigenvalue weighted by Gasteiger charge is -1.78. The Kier molecular flexibility index (Phi) is 1.35. The molecule has 1 aromatic rings. The molecule has 0 spiro atoms. The van der Waals surface area contributed by atoms with Crippen molar-refractivity contribution in [2.75, 3.05) is 0 Å². The maximum Gasteiger partial charge on any atom is 0.305 e. The van der Waals surface area contributed by atoms with Crippen LogP contribution in [0.1, 0.15) is 9.67 Å². The first kappa shape index (κ1) is 6.03. The molecule has 5 heteroatoms. The van der Waals surface area contributed by atoms with E-state index >= 15 is 0 Å². The van der Waals surface area contributed by atoms with E-state index < -0.39 is 5.91 Å². The number of nitrogens with two attached hydrogens (primary N) is 1. The highest BCUT2D eigenvalue weighted by atomic mass is 32.1. The zero-order valence-electron chi connectivity index (χ0n) is 4.38. The molecule has 4 nitrogen and oxygen atoms in total. The molecule has 0 aliphatic carbocycles. The molecule has 0 atom stereocenters. The minimum absolute atomic E-state index is 0.260. The highest BCUT2D eigenvalue weighted by molar-refractivity contribution is 7.11. The number of rotatable bonds is 1. The van der Waals surface area contributed by atoms with Crippen LogP contribution in [0.3, 0.4) is 0 Å². The van der Waals surface area contributed by atoms with Gasteiger partial charge in [-0.25, -0.2) is 0 Å². The predicted molar refractivity (Wildman–Crippen MR) is 33.5 cm³/mol. The van der Waals surface area contributed by atoms with Gasteiger partial charge in [-0.05, 0) is 0 Å². The third kappa shape index (κ3) is 1.17. The monoisotopic (exact) mass is 144 g/mol. The Bertz CT molecular complexity index is 274. The van der Waals surface area contributed by atoms with E-state index in [0.717, 1.165) is 11.3 Å². The summed E-state index contributed by atoms with van der Waals surface area (Å²) in [6.45, 7) is 0. The van der Waals surface area contributed by atoms with Crippen LogP contribution in [0.5, 0.6) is 0 Å². The van der Waals surface area contributed by atoms with Crippen LogP contribution in [0.2, 0.25) is 0 Å². The van der Waals surface area contributed by atoms with Crippen LogP contribution in [0.4, 0.5) is 0 Å². The summed E-state index contributed by atoms with van der Waals surface area (Å²) in [5.41, 5.74) is 4.84. The molecule has 0 aliphatic rings. The van der Waals surface area contributed by atoms with Crippen molar-refractivity contribution in [2.45, 2.75) is 0 Å². The number of aromatic nitrogens is 1. The molecule has 1 aromatic heterocycles. The minimum atomic E-state index is -0.571. The highest BCUT2D eigenvalue weighted by Crippen LogP contribution is 1.96. The molecule has 0 radical (unpaired) electrons. The second kappa shape index (κ2) is 2.02. The van der Waals surface area contributed by atoms with Crippen molar-refractivity contribution in [2.24, 2.45) is 5.73 Å². The van der Waals surface area contributed by atoms with Gasteiger partial charge in [0.1, 0.15) is 4.88 Å². The van der Waals surface area contributed by atoms with Gasteiger partial charge in [0.2, 0.25) is 0 Å². The lowest BCUT2D eigenvalue weighted by atomic mass is 10.5. The molecular formula is C4H4N2O2S. The average molecular weight is 144 g/mol. The van der Waals surface area contributed by atoms with E-state index in [1.807, 2.05) is 0 Å². The second-order valence-corrected chi connectivity index (χ2v) is 2.42. The van der Waals surface area contributed by atoms with Gasteiger partial charge in [-0.2, -0.15) is 0 Å². The maximum absolute atomic E-state index is 10.3. The van der Waals surface area contributed by atoms with Crippen LogP contribution >= 0.6 is 11.3 Å². The van der Waals surface area contributed by atoms with Gasteiger partial charge in [0.25, 0.3) is 5.91 Å². The molecule has 0 bridgehead atoms. The predicted octanol–water partition coefficient (Wildman–Crippen LogP) is -0.465. The van der Waals surface area contributed by atoms with Crippen LogP contribution < -0.4 is 10.6 Å². The Morgan fingerprint density at radius 1 is 1.78 bits per heavy atom. The summed E-state index contributed by atoms with van der Waals surface area (Å²) in [6, 6.07) is 0. The summed E-state index contributed by atoms with van der Waals surface area (Å²) in [5, 5.41) is 0. The van der Waals surface area contributed by atoms with Gasteiger partial charge >= 0.3 is 4.87 Å². The van der Waals surface area contributed by atoms with Gasteiger partial charge in [-0.1, -0.05) is 11.3 Å². The normalized spacial score (nSPS) is 9.33. The number of aromatic amines is 1. The number of hydrogen-bond acceptors (Lipinski definition) is 3. The SMILES string of the molecule is NC(=O)c1c[nH]c(=O)s1. The molecule has 1 heterocycles. The molecule has 9 heavy (non-hydrogen) atoms. The maximum atomic E-state index is 10.3. The van der Waals surface area contributed by atoms with Crippen molar-refractivity contribution in [3.05, 3.63) is 20.7 Å². The Balaban J connectivity index is 3.12. The van der Waals surface area contributed by atoms with Gasteiger partial charge < -0.3 is 10.7 Å². The number of H-pyrrole nitrogens is 1. The fraction of sp³-hybridized carbons (Fsp3) is 0. The van der Waals surface area contributed by atoms with Crippen molar-refractivity contribution in [3.8, 4) is 0 Å². The summed E-state index contributed by atoms with van der Waals surface area (Å²) >= 11 is 0.810. The van der Waals surface area contributed by atoms with Crippen LogP contribution in [-0.2, 0) is 0 Å². The molecule has 0 unspecified atom stereocenters. The molecule has 1 amide bonds. The van der Waals surface area contributed by atoms with Gasteiger partial charge in [-0.3, -0.25) is 9.59 Å². The van der Waals surface area contributed by atoms with E-state index in [1.54, 1.807) is 0 Å². The molecule has 1 rings (SSSR count). The van der Waals surface area contributed by atoms with E-state index in [9.17, 15) is 9.59 Å². The van der Waals surface area contributed by atoms with Crippen molar-refractivity contribution >= 4 is 17.2 Å². The molecule has 0 aromatic carbocycles. The molecular weight excluding hydrogens is 140 g/mol. The first-order valence-corrected chi connectivity index (χ1v) is 3.00. The van der Waals surface area contributed by atoms with Gasteiger partial charge in [0.15, 0.2) is 0 Å². The van der Waals surface area contributed by atoms with Crippen molar-refractivity contribution < 1.29 is 4.79 Å². The van der Waals surface area contributed by atoms with Crippen LogP contribution in [-0.4, -0.2) is 10.9 Å². The molecule has 0 fully saturated rings. The summed E-state index contributed by atoms with van der Waals surface area (Å²) in [6.07, 6.45) is 1.30. The van der Waals surface area contributed by atoms with Crippen LogP contribution in [0, 0.1) is 0 Å². The first-order chi connectivity index (χ1) is 4.20. The number of carbonyl (C=O) groups excluding carboxylic acids is 1. The summed E-state index contributed by atoms with van der Waals surface area (Å²) in [4.78, 5) is 23.0. The Morgan fingerprint density at radius 3 is 2.67 bits per heavy atom. The Hall–Kier alpha value is -1.10. The fourth-order valence-electron chi connectivity index (χ4n) is 0.405. The minimum Gasteiger partial charge on any atom is -0.365 e. The topological polar surface area (TPSA) is 76.0 Å². The van der Waals surface area contributed by atoms with E-state index in [4.69, 9.17) is 5.73 Å². The number of thiazole rings is 1. The van der Waals surface area contributed by atoms with Crippen LogP contribution in [0.25, 0.3) is 0 Å². The standard InChI is InChI=1S/C4H4N2O2S/c5-3(7)2-1-6-4(8)9-2/h1H,(H2,5,7)(H,6,8). The largest absolute Gasteiger partial charge is 0.365 e. The third-order valence-electron chi connectivity index (χ3n) is 0.767. The molecule has 0 saturated carbocycles. The summed E-state index contributed by atoms with van der Waals surface area (Å²) in [5.74, 6) is -0.571. The first-order valence-electron chi connectivity index (χ1n) is 2.18.